The van der Waals surface area contributed by atoms with Crippen LogP contribution in [0.4, 0.5) is 0 Å². The summed E-state index contributed by atoms with van der Waals surface area (Å²) in [4.78, 5) is 2.43. The summed E-state index contributed by atoms with van der Waals surface area (Å²) >= 11 is 0. The second-order valence-corrected chi connectivity index (χ2v) is 5.19. The third-order valence-corrected chi connectivity index (χ3v) is 3.58. The Morgan fingerprint density at radius 3 is 2.40 bits per heavy atom. The van der Waals surface area contributed by atoms with Gasteiger partial charge in [-0.2, -0.15) is 0 Å². The Balaban J connectivity index is 2.55. The lowest BCUT2D eigenvalue weighted by atomic mass is 9.79. The van der Waals surface area contributed by atoms with E-state index in [1.807, 2.05) is 7.11 Å². The fraction of sp³-hybridized carbons (Fsp3) is 1.00. The van der Waals surface area contributed by atoms with Gasteiger partial charge in [0.2, 0.25) is 0 Å². The first-order valence-electron chi connectivity index (χ1n) is 5.99. The highest BCUT2D eigenvalue weighted by molar-refractivity contribution is 4.87. The molecule has 0 radical (unpaired) electrons. The first-order valence-corrected chi connectivity index (χ1v) is 5.99. The lowest BCUT2D eigenvalue weighted by molar-refractivity contribution is 0.0220. The lowest BCUT2D eigenvalue weighted by Crippen LogP contribution is -2.47. The Morgan fingerprint density at radius 2 is 1.93 bits per heavy atom. The molecule has 0 unspecified atom stereocenters. The molecule has 1 saturated heterocycles. The zero-order valence-electron chi connectivity index (χ0n) is 10.7. The smallest absolute Gasteiger partial charge is 0.0531 e. The van der Waals surface area contributed by atoms with E-state index in [4.69, 9.17) is 4.74 Å². The molecule has 0 aliphatic carbocycles. The Bertz CT molecular complexity index is 171. The number of methoxy groups -OCH3 is 1. The summed E-state index contributed by atoms with van der Waals surface area (Å²) in [6, 6.07) is 0.619. The Kier molecular flexibility index (Phi) is 5.03. The third kappa shape index (κ3) is 3.74. The van der Waals surface area contributed by atoms with Crippen LogP contribution in [0.3, 0.4) is 0 Å². The van der Waals surface area contributed by atoms with Crippen LogP contribution >= 0.6 is 0 Å². The van der Waals surface area contributed by atoms with E-state index in [1.54, 1.807) is 0 Å². The van der Waals surface area contributed by atoms with Gasteiger partial charge >= 0.3 is 0 Å². The molecule has 1 heterocycles. The van der Waals surface area contributed by atoms with Gasteiger partial charge < -0.3 is 15.0 Å². The van der Waals surface area contributed by atoms with E-state index in [2.05, 4.69) is 31.1 Å². The molecule has 1 aliphatic rings. The van der Waals surface area contributed by atoms with Gasteiger partial charge in [0.25, 0.3) is 0 Å². The molecular weight excluding hydrogens is 188 g/mol. The summed E-state index contributed by atoms with van der Waals surface area (Å²) in [5.74, 6) is 0. The molecule has 0 spiro atoms. The van der Waals surface area contributed by atoms with Gasteiger partial charge in [-0.15, -0.1) is 0 Å². The largest absolute Gasteiger partial charge is 0.384 e. The second-order valence-electron chi connectivity index (χ2n) is 5.19. The SMILES string of the molecule is COCC1(CN(C)C(C)C)CCNCC1. The van der Waals surface area contributed by atoms with Crippen LogP contribution < -0.4 is 5.32 Å². The molecule has 15 heavy (non-hydrogen) atoms. The van der Waals surface area contributed by atoms with Crippen LogP contribution in [0.5, 0.6) is 0 Å². The van der Waals surface area contributed by atoms with Crippen molar-refractivity contribution in [3.8, 4) is 0 Å². The van der Waals surface area contributed by atoms with Gasteiger partial charge in [0.15, 0.2) is 0 Å². The quantitative estimate of drug-likeness (QED) is 0.747. The van der Waals surface area contributed by atoms with Crippen molar-refractivity contribution in [2.75, 3.05) is 40.4 Å². The van der Waals surface area contributed by atoms with Crippen molar-refractivity contribution >= 4 is 0 Å². The van der Waals surface area contributed by atoms with Crippen molar-refractivity contribution in [3.05, 3.63) is 0 Å². The van der Waals surface area contributed by atoms with E-state index in [-0.39, 0.29) is 0 Å². The molecule has 0 aromatic rings. The minimum Gasteiger partial charge on any atom is -0.384 e. The van der Waals surface area contributed by atoms with E-state index < -0.39 is 0 Å². The summed E-state index contributed by atoms with van der Waals surface area (Å²) in [5.41, 5.74) is 0.374. The molecule has 0 aromatic carbocycles. The molecule has 1 N–H and O–H groups in total. The Morgan fingerprint density at radius 1 is 1.33 bits per heavy atom. The minimum atomic E-state index is 0.374. The number of nitrogens with zero attached hydrogens (tertiary/aromatic N) is 1. The van der Waals surface area contributed by atoms with E-state index in [1.165, 1.54) is 12.8 Å². The highest BCUT2D eigenvalue weighted by Gasteiger charge is 2.33. The summed E-state index contributed by atoms with van der Waals surface area (Å²) in [7, 11) is 4.03. The van der Waals surface area contributed by atoms with E-state index >= 15 is 0 Å². The molecule has 3 heteroatoms. The molecule has 0 atom stereocenters. The summed E-state index contributed by atoms with van der Waals surface area (Å²) in [6.45, 7) is 8.82. The van der Waals surface area contributed by atoms with Gasteiger partial charge in [-0.3, -0.25) is 0 Å². The normalized spacial score (nSPS) is 21.2. The summed E-state index contributed by atoms with van der Waals surface area (Å²) < 4.78 is 5.41. The standard InChI is InChI=1S/C12H26N2O/c1-11(2)14(3)9-12(10-15-4)5-7-13-8-6-12/h11,13H,5-10H2,1-4H3. The van der Waals surface area contributed by atoms with Crippen LogP contribution in [-0.2, 0) is 4.74 Å². The van der Waals surface area contributed by atoms with Crippen LogP contribution in [0.25, 0.3) is 0 Å². The van der Waals surface area contributed by atoms with E-state index in [9.17, 15) is 0 Å². The Hall–Kier alpha value is -0.120. The molecular formula is C12H26N2O. The first-order chi connectivity index (χ1) is 7.09. The molecule has 0 aromatic heterocycles. The number of piperidine rings is 1. The Labute approximate surface area is 94.2 Å². The monoisotopic (exact) mass is 214 g/mol. The zero-order valence-corrected chi connectivity index (χ0v) is 10.7. The van der Waals surface area contributed by atoms with Crippen molar-refractivity contribution in [3.63, 3.8) is 0 Å². The van der Waals surface area contributed by atoms with Gasteiger partial charge in [-0.05, 0) is 46.8 Å². The zero-order chi connectivity index (χ0) is 11.3. The maximum atomic E-state index is 5.41. The average Bonchev–Trinajstić information content (AvgIpc) is 2.19. The molecule has 1 rings (SSSR count). The molecule has 0 saturated carbocycles. The molecule has 3 nitrogen and oxygen atoms in total. The number of rotatable bonds is 5. The summed E-state index contributed by atoms with van der Waals surface area (Å²) in [6.07, 6.45) is 2.47. The maximum Gasteiger partial charge on any atom is 0.0531 e. The van der Waals surface area contributed by atoms with Gasteiger partial charge in [0.1, 0.15) is 0 Å². The topological polar surface area (TPSA) is 24.5 Å². The third-order valence-electron chi connectivity index (χ3n) is 3.58. The van der Waals surface area contributed by atoms with Crippen LogP contribution in [-0.4, -0.2) is 51.3 Å². The van der Waals surface area contributed by atoms with Crippen LogP contribution in [0, 0.1) is 5.41 Å². The van der Waals surface area contributed by atoms with Crippen molar-refractivity contribution in [2.24, 2.45) is 5.41 Å². The molecule has 1 aliphatic heterocycles. The van der Waals surface area contributed by atoms with E-state index in [0.29, 0.717) is 11.5 Å². The minimum absolute atomic E-state index is 0.374. The van der Waals surface area contributed by atoms with E-state index in [0.717, 1.165) is 26.2 Å². The van der Waals surface area contributed by atoms with Gasteiger partial charge in [0.05, 0.1) is 6.61 Å². The first kappa shape index (κ1) is 12.9. The van der Waals surface area contributed by atoms with Crippen LogP contribution in [0.1, 0.15) is 26.7 Å². The van der Waals surface area contributed by atoms with Crippen LogP contribution in [0.15, 0.2) is 0 Å². The number of ether oxygens (including phenoxy) is 1. The van der Waals surface area contributed by atoms with Crippen molar-refractivity contribution in [1.29, 1.82) is 0 Å². The fourth-order valence-corrected chi connectivity index (χ4v) is 2.32. The van der Waals surface area contributed by atoms with Gasteiger partial charge in [0, 0.05) is 25.1 Å². The van der Waals surface area contributed by atoms with Crippen molar-refractivity contribution in [2.45, 2.75) is 32.7 Å². The number of hydrogen-bond donors (Lipinski definition) is 1. The molecule has 0 bridgehead atoms. The fourth-order valence-electron chi connectivity index (χ4n) is 2.32. The molecule has 1 fully saturated rings. The molecule has 0 amide bonds. The molecule has 90 valence electrons. The summed E-state index contributed by atoms with van der Waals surface area (Å²) in [5, 5.41) is 3.43. The van der Waals surface area contributed by atoms with Gasteiger partial charge in [-0.1, -0.05) is 0 Å². The number of nitrogens with one attached hydrogen (secondary N) is 1. The predicted molar refractivity (Wildman–Crippen MR) is 64.2 cm³/mol. The van der Waals surface area contributed by atoms with Crippen molar-refractivity contribution in [1.82, 2.24) is 10.2 Å². The number of hydrogen-bond acceptors (Lipinski definition) is 3. The second kappa shape index (κ2) is 5.83. The average molecular weight is 214 g/mol. The highest BCUT2D eigenvalue weighted by Crippen LogP contribution is 2.30. The van der Waals surface area contributed by atoms with Crippen LogP contribution in [0.2, 0.25) is 0 Å². The highest BCUT2D eigenvalue weighted by atomic mass is 16.5. The predicted octanol–water partition coefficient (Wildman–Crippen LogP) is 1.34. The lowest BCUT2D eigenvalue weighted by Gasteiger charge is -2.41. The maximum absolute atomic E-state index is 5.41. The van der Waals surface area contributed by atoms with Gasteiger partial charge in [-0.25, -0.2) is 0 Å². The van der Waals surface area contributed by atoms with Crippen molar-refractivity contribution < 1.29 is 4.74 Å².